The van der Waals surface area contributed by atoms with E-state index in [2.05, 4.69) is 5.32 Å². The number of rotatable bonds is 5. The highest BCUT2D eigenvalue weighted by molar-refractivity contribution is 5.96. The van der Waals surface area contributed by atoms with Gasteiger partial charge in [0.05, 0.1) is 25.7 Å². The van der Waals surface area contributed by atoms with Gasteiger partial charge in [0.25, 0.3) is 0 Å². The van der Waals surface area contributed by atoms with Gasteiger partial charge in [-0.1, -0.05) is 0 Å². The van der Waals surface area contributed by atoms with Crippen LogP contribution in [0.15, 0.2) is 24.3 Å². The van der Waals surface area contributed by atoms with Crippen LogP contribution in [0.3, 0.4) is 0 Å². The molecule has 0 spiro atoms. The Hall–Kier alpha value is -2.77. The third-order valence-electron chi connectivity index (χ3n) is 5.23. The molecule has 1 aromatic rings. The Balaban J connectivity index is 1.51. The summed E-state index contributed by atoms with van der Waals surface area (Å²) in [4.78, 5) is 39.9. The number of carbonyl (C=O) groups is 3. The minimum atomic E-state index is -0.232. The smallest absolute Gasteiger partial charge is 0.317 e. The van der Waals surface area contributed by atoms with Crippen LogP contribution in [-0.4, -0.2) is 62.2 Å². The maximum atomic E-state index is 12.5. The summed E-state index contributed by atoms with van der Waals surface area (Å²) in [5.41, 5.74) is 0.795. The molecule has 2 aliphatic rings. The first kappa shape index (κ1) is 20.0. The summed E-state index contributed by atoms with van der Waals surface area (Å²) in [5, 5.41) is 2.95. The molecule has 8 nitrogen and oxygen atoms in total. The van der Waals surface area contributed by atoms with Gasteiger partial charge in [0.15, 0.2) is 0 Å². The van der Waals surface area contributed by atoms with Crippen LogP contribution in [0, 0.1) is 5.92 Å². The summed E-state index contributed by atoms with van der Waals surface area (Å²) >= 11 is 0. The Bertz CT molecular complexity index is 713. The number of urea groups is 1. The largest absolute Gasteiger partial charge is 0.494 e. The van der Waals surface area contributed by atoms with Gasteiger partial charge < -0.3 is 24.6 Å². The Kier molecular flexibility index (Phi) is 6.38. The van der Waals surface area contributed by atoms with Crippen LogP contribution in [-0.2, 0) is 14.3 Å². The van der Waals surface area contributed by atoms with E-state index < -0.39 is 0 Å². The van der Waals surface area contributed by atoms with Gasteiger partial charge in [-0.3, -0.25) is 9.59 Å². The topological polar surface area (TPSA) is 88.2 Å². The average Bonchev–Trinajstić information content (AvgIpc) is 3.08. The van der Waals surface area contributed by atoms with E-state index in [-0.39, 0.29) is 36.3 Å². The number of nitrogens with zero attached hydrogens (tertiary/aromatic N) is 2. The molecule has 0 saturated carbocycles. The predicted molar refractivity (Wildman–Crippen MR) is 103 cm³/mol. The SMILES string of the molecule is CCOc1ccc(N2C[C@H](NC(=O)N3CCC(C(=O)OC)CC3)CC2=O)cc1. The molecular weight excluding hydrogens is 362 g/mol. The highest BCUT2D eigenvalue weighted by atomic mass is 16.5. The molecule has 0 unspecified atom stereocenters. The molecule has 2 fully saturated rings. The van der Waals surface area contributed by atoms with E-state index in [1.54, 1.807) is 9.80 Å². The van der Waals surface area contributed by atoms with E-state index >= 15 is 0 Å². The van der Waals surface area contributed by atoms with Crippen LogP contribution in [0.1, 0.15) is 26.2 Å². The molecule has 1 atom stereocenters. The van der Waals surface area contributed by atoms with Crippen LogP contribution < -0.4 is 15.0 Å². The first-order chi connectivity index (χ1) is 13.5. The molecule has 0 bridgehead atoms. The molecule has 28 heavy (non-hydrogen) atoms. The van der Waals surface area contributed by atoms with Crippen molar-refractivity contribution < 1.29 is 23.9 Å². The fourth-order valence-electron chi connectivity index (χ4n) is 3.69. The number of anilines is 1. The summed E-state index contributed by atoms with van der Waals surface area (Å²) in [7, 11) is 1.38. The third kappa shape index (κ3) is 4.55. The summed E-state index contributed by atoms with van der Waals surface area (Å²) in [6.45, 7) is 3.97. The van der Waals surface area contributed by atoms with Gasteiger partial charge in [-0.05, 0) is 44.0 Å². The molecule has 3 rings (SSSR count). The van der Waals surface area contributed by atoms with E-state index in [1.807, 2.05) is 31.2 Å². The van der Waals surface area contributed by atoms with Crippen LogP contribution in [0.5, 0.6) is 5.75 Å². The van der Waals surface area contributed by atoms with Crippen molar-refractivity contribution in [2.75, 3.05) is 38.3 Å². The van der Waals surface area contributed by atoms with Gasteiger partial charge >= 0.3 is 12.0 Å². The fraction of sp³-hybridized carbons (Fsp3) is 0.550. The Morgan fingerprint density at radius 3 is 2.46 bits per heavy atom. The number of hydrogen-bond acceptors (Lipinski definition) is 5. The Morgan fingerprint density at radius 2 is 1.86 bits per heavy atom. The number of amides is 3. The number of likely N-dealkylation sites (tertiary alicyclic amines) is 1. The number of methoxy groups -OCH3 is 1. The summed E-state index contributed by atoms with van der Waals surface area (Å²) in [6.07, 6.45) is 1.47. The zero-order valence-corrected chi connectivity index (χ0v) is 16.3. The highest BCUT2D eigenvalue weighted by Gasteiger charge is 2.34. The molecule has 3 amide bonds. The van der Waals surface area contributed by atoms with E-state index in [0.29, 0.717) is 39.1 Å². The molecule has 0 aliphatic carbocycles. The van der Waals surface area contributed by atoms with Gasteiger partial charge in [-0.2, -0.15) is 0 Å². The van der Waals surface area contributed by atoms with E-state index in [4.69, 9.17) is 9.47 Å². The summed E-state index contributed by atoms with van der Waals surface area (Å²) < 4.78 is 10.2. The molecule has 0 aromatic heterocycles. The first-order valence-electron chi connectivity index (χ1n) is 9.68. The van der Waals surface area contributed by atoms with Gasteiger partial charge in [0, 0.05) is 31.7 Å². The molecule has 2 aliphatic heterocycles. The number of carbonyl (C=O) groups excluding carboxylic acids is 3. The molecule has 2 heterocycles. The van der Waals surface area contributed by atoms with Crippen molar-refractivity contribution in [3.63, 3.8) is 0 Å². The lowest BCUT2D eigenvalue weighted by Gasteiger charge is -2.31. The minimum Gasteiger partial charge on any atom is -0.494 e. The molecule has 0 radical (unpaired) electrons. The van der Waals surface area contributed by atoms with Crippen LogP contribution in [0.4, 0.5) is 10.5 Å². The quantitative estimate of drug-likeness (QED) is 0.776. The Labute approximate surface area is 164 Å². The maximum absolute atomic E-state index is 12.5. The molecule has 8 heteroatoms. The fourth-order valence-corrected chi connectivity index (χ4v) is 3.69. The van der Waals surface area contributed by atoms with Crippen molar-refractivity contribution >= 4 is 23.6 Å². The standard InChI is InChI=1S/C20H27N3O5/c1-3-28-17-6-4-16(5-7-17)23-13-15(12-18(23)24)21-20(26)22-10-8-14(9-11-22)19(25)27-2/h4-7,14-15H,3,8-13H2,1-2H3,(H,21,26)/t15-/m1/s1. The van der Waals surface area contributed by atoms with Crippen LogP contribution in [0.25, 0.3) is 0 Å². The van der Waals surface area contributed by atoms with E-state index in [0.717, 1.165) is 11.4 Å². The van der Waals surface area contributed by atoms with Crippen molar-refractivity contribution in [1.82, 2.24) is 10.2 Å². The van der Waals surface area contributed by atoms with Crippen molar-refractivity contribution in [1.29, 1.82) is 0 Å². The lowest BCUT2D eigenvalue weighted by molar-refractivity contribution is -0.146. The molecule has 1 aromatic carbocycles. The van der Waals surface area contributed by atoms with Crippen LogP contribution in [0.2, 0.25) is 0 Å². The van der Waals surface area contributed by atoms with Crippen molar-refractivity contribution in [2.45, 2.75) is 32.2 Å². The summed E-state index contributed by atoms with van der Waals surface area (Å²) in [6, 6.07) is 6.96. The van der Waals surface area contributed by atoms with Crippen molar-refractivity contribution in [2.24, 2.45) is 5.92 Å². The maximum Gasteiger partial charge on any atom is 0.317 e. The number of ether oxygens (including phenoxy) is 2. The lowest BCUT2D eigenvalue weighted by Crippen LogP contribution is -2.49. The second-order valence-corrected chi connectivity index (χ2v) is 7.07. The van der Waals surface area contributed by atoms with Gasteiger partial charge in [-0.15, -0.1) is 0 Å². The van der Waals surface area contributed by atoms with Crippen LogP contribution >= 0.6 is 0 Å². The van der Waals surface area contributed by atoms with Gasteiger partial charge in [0.2, 0.25) is 5.91 Å². The van der Waals surface area contributed by atoms with E-state index in [1.165, 1.54) is 7.11 Å². The zero-order chi connectivity index (χ0) is 20.1. The molecule has 152 valence electrons. The first-order valence-corrected chi connectivity index (χ1v) is 9.68. The number of nitrogens with one attached hydrogen (secondary N) is 1. The molecule has 1 N–H and O–H groups in total. The minimum absolute atomic E-state index is 0.0149. The number of piperidine rings is 1. The highest BCUT2D eigenvalue weighted by Crippen LogP contribution is 2.25. The van der Waals surface area contributed by atoms with Gasteiger partial charge in [-0.25, -0.2) is 4.79 Å². The summed E-state index contributed by atoms with van der Waals surface area (Å²) in [5.74, 6) is 0.390. The average molecular weight is 389 g/mol. The third-order valence-corrected chi connectivity index (χ3v) is 5.23. The lowest BCUT2D eigenvalue weighted by atomic mass is 9.97. The monoisotopic (exact) mass is 389 g/mol. The Morgan fingerprint density at radius 1 is 1.18 bits per heavy atom. The second-order valence-electron chi connectivity index (χ2n) is 7.07. The van der Waals surface area contributed by atoms with Gasteiger partial charge in [0.1, 0.15) is 5.75 Å². The van der Waals surface area contributed by atoms with E-state index in [9.17, 15) is 14.4 Å². The zero-order valence-electron chi connectivity index (χ0n) is 16.3. The predicted octanol–water partition coefficient (Wildman–Crippen LogP) is 1.79. The number of benzene rings is 1. The number of esters is 1. The molecular formula is C20H27N3O5. The van der Waals surface area contributed by atoms with Crippen molar-refractivity contribution in [3.05, 3.63) is 24.3 Å². The normalized spacial score (nSPS) is 20.2. The second kappa shape index (κ2) is 8.95. The van der Waals surface area contributed by atoms with Crippen molar-refractivity contribution in [3.8, 4) is 5.75 Å². The molecule has 2 saturated heterocycles. The number of hydrogen-bond donors (Lipinski definition) is 1.